The van der Waals surface area contributed by atoms with E-state index in [9.17, 15) is 18.9 Å². The van der Waals surface area contributed by atoms with Gasteiger partial charge in [-0.15, -0.1) is 0 Å². The van der Waals surface area contributed by atoms with Crippen molar-refractivity contribution in [1.29, 1.82) is 0 Å². The molecule has 0 saturated carbocycles. The van der Waals surface area contributed by atoms with Gasteiger partial charge in [-0.3, -0.25) is 10.1 Å². The van der Waals surface area contributed by atoms with E-state index in [1.54, 1.807) is 0 Å². The average Bonchev–Trinajstić information content (AvgIpc) is 2.45. The molecule has 0 aliphatic rings. The molecule has 0 bridgehead atoms. The second-order valence-corrected chi connectivity index (χ2v) is 4.09. The van der Waals surface area contributed by atoms with E-state index in [-0.39, 0.29) is 12.4 Å². The van der Waals surface area contributed by atoms with E-state index in [4.69, 9.17) is 4.74 Å². The van der Waals surface area contributed by atoms with Crippen molar-refractivity contribution in [2.24, 2.45) is 0 Å². The van der Waals surface area contributed by atoms with E-state index in [0.29, 0.717) is 0 Å². The van der Waals surface area contributed by atoms with E-state index in [1.165, 1.54) is 0 Å². The molecule has 0 saturated heterocycles. The second kappa shape index (κ2) is 6.10. The lowest BCUT2D eigenvalue weighted by Gasteiger charge is -2.08. The third-order valence-electron chi connectivity index (χ3n) is 2.62. The first-order valence-electron chi connectivity index (χ1n) is 5.80. The van der Waals surface area contributed by atoms with Crippen molar-refractivity contribution < 1.29 is 18.4 Å². The van der Waals surface area contributed by atoms with Crippen LogP contribution >= 0.6 is 0 Å². The van der Waals surface area contributed by atoms with Crippen molar-refractivity contribution in [2.75, 3.05) is 0 Å². The Labute approximate surface area is 113 Å². The van der Waals surface area contributed by atoms with Gasteiger partial charge >= 0.3 is 0 Å². The molecule has 0 amide bonds. The van der Waals surface area contributed by atoms with Gasteiger partial charge in [-0.25, -0.2) is 8.78 Å². The van der Waals surface area contributed by atoms with Crippen LogP contribution in [-0.4, -0.2) is 4.92 Å². The number of ether oxygens (including phenoxy) is 1. The normalized spacial score (nSPS) is 10.6. The lowest BCUT2D eigenvalue weighted by atomic mass is 10.2. The second-order valence-electron chi connectivity index (χ2n) is 4.09. The number of nitro groups is 1. The molecule has 104 valence electrons. The molecular formula is C14H11F2NO3. The predicted molar refractivity (Wildman–Crippen MR) is 68.8 cm³/mol. The van der Waals surface area contributed by atoms with Crippen LogP contribution in [0.15, 0.2) is 48.5 Å². The zero-order chi connectivity index (χ0) is 14.5. The van der Waals surface area contributed by atoms with Crippen LogP contribution in [-0.2, 0) is 6.61 Å². The maximum absolute atomic E-state index is 12.7. The molecule has 0 N–H and O–H groups in total. The van der Waals surface area contributed by atoms with Crippen LogP contribution < -0.4 is 4.74 Å². The van der Waals surface area contributed by atoms with Crippen LogP contribution in [0.1, 0.15) is 17.6 Å². The minimum atomic E-state index is -2.78. The van der Waals surface area contributed by atoms with Gasteiger partial charge in [0.15, 0.2) is 0 Å². The monoisotopic (exact) mass is 279 g/mol. The fraction of sp³-hybridized carbons (Fsp3) is 0.143. The Balaban J connectivity index is 2.20. The van der Waals surface area contributed by atoms with E-state index < -0.39 is 22.6 Å². The Hall–Kier alpha value is -2.50. The van der Waals surface area contributed by atoms with Crippen LogP contribution in [0.4, 0.5) is 14.5 Å². The van der Waals surface area contributed by atoms with Gasteiger partial charge in [0.05, 0.1) is 11.0 Å². The highest BCUT2D eigenvalue weighted by atomic mass is 19.3. The number of nitrogens with zero attached hydrogens (tertiary/aromatic N) is 1. The van der Waals surface area contributed by atoms with Crippen molar-refractivity contribution in [3.63, 3.8) is 0 Å². The zero-order valence-corrected chi connectivity index (χ0v) is 10.3. The highest BCUT2D eigenvalue weighted by molar-refractivity contribution is 5.43. The zero-order valence-electron chi connectivity index (χ0n) is 10.3. The highest BCUT2D eigenvalue weighted by Crippen LogP contribution is 2.29. The maximum Gasteiger partial charge on any atom is 0.273 e. The summed E-state index contributed by atoms with van der Waals surface area (Å²) >= 11 is 0. The first kappa shape index (κ1) is 13.9. The number of rotatable bonds is 5. The van der Waals surface area contributed by atoms with Gasteiger partial charge in [0.25, 0.3) is 12.1 Å². The summed E-state index contributed by atoms with van der Waals surface area (Å²) in [6, 6.07) is 12.2. The molecule has 0 heterocycles. The van der Waals surface area contributed by atoms with Gasteiger partial charge in [-0.1, -0.05) is 30.3 Å². The molecule has 0 unspecified atom stereocenters. The topological polar surface area (TPSA) is 52.4 Å². The summed E-state index contributed by atoms with van der Waals surface area (Å²) in [5, 5.41) is 10.7. The fourth-order valence-corrected chi connectivity index (χ4v) is 1.66. The molecule has 0 aliphatic carbocycles. The third kappa shape index (κ3) is 3.50. The van der Waals surface area contributed by atoms with E-state index >= 15 is 0 Å². The largest absolute Gasteiger partial charge is 0.489 e. The van der Waals surface area contributed by atoms with Gasteiger partial charge in [0, 0.05) is 11.6 Å². The Kier molecular flexibility index (Phi) is 4.24. The summed E-state index contributed by atoms with van der Waals surface area (Å²) in [5.74, 6) is 0.0540. The van der Waals surface area contributed by atoms with Gasteiger partial charge in [-0.2, -0.15) is 0 Å². The molecule has 0 atom stereocenters. The summed E-state index contributed by atoms with van der Waals surface area (Å²) in [5.41, 5.74) is 0.00530. The van der Waals surface area contributed by atoms with Crippen molar-refractivity contribution in [3.8, 4) is 5.75 Å². The predicted octanol–water partition coefficient (Wildman–Crippen LogP) is 4.11. The first-order chi connectivity index (χ1) is 9.56. The van der Waals surface area contributed by atoms with E-state index in [1.807, 2.05) is 30.3 Å². The molecule has 4 nitrogen and oxygen atoms in total. The van der Waals surface area contributed by atoms with Crippen LogP contribution in [0.3, 0.4) is 0 Å². The van der Waals surface area contributed by atoms with Crippen LogP contribution in [0.25, 0.3) is 0 Å². The molecule has 0 aromatic heterocycles. The Morgan fingerprint density at radius 3 is 2.45 bits per heavy atom. The number of alkyl halides is 2. The van der Waals surface area contributed by atoms with Crippen molar-refractivity contribution in [2.45, 2.75) is 13.0 Å². The number of halogens is 2. The van der Waals surface area contributed by atoms with E-state index in [0.717, 1.165) is 23.8 Å². The van der Waals surface area contributed by atoms with Crippen LogP contribution in [0.2, 0.25) is 0 Å². The summed E-state index contributed by atoms with van der Waals surface area (Å²) in [6.45, 7) is 0.157. The maximum atomic E-state index is 12.7. The van der Waals surface area contributed by atoms with Crippen LogP contribution in [0.5, 0.6) is 5.75 Å². The molecule has 20 heavy (non-hydrogen) atoms. The number of hydrogen-bond donors (Lipinski definition) is 0. The number of benzene rings is 2. The summed E-state index contributed by atoms with van der Waals surface area (Å²) in [6.07, 6.45) is -2.78. The molecule has 2 aromatic rings. The first-order valence-corrected chi connectivity index (χ1v) is 5.80. The molecule has 0 spiro atoms. The quantitative estimate of drug-likeness (QED) is 0.611. The fourth-order valence-electron chi connectivity index (χ4n) is 1.66. The summed E-state index contributed by atoms with van der Waals surface area (Å²) in [7, 11) is 0. The standard InChI is InChI=1S/C14H11F2NO3/c15-14(16)11-6-12(17(18)19)8-13(7-11)20-9-10-4-2-1-3-5-10/h1-8,14H,9H2. The smallest absolute Gasteiger partial charge is 0.273 e. The van der Waals surface area contributed by atoms with Gasteiger partial charge < -0.3 is 4.74 Å². The van der Waals surface area contributed by atoms with Crippen molar-refractivity contribution >= 4 is 5.69 Å². The van der Waals surface area contributed by atoms with Gasteiger partial charge in [0.1, 0.15) is 12.4 Å². The Morgan fingerprint density at radius 2 is 1.85 bits per heavy atom. The molecule has 0 aliphatic heterocycles. The number of non-ortho nitro benzene ring substituents is 1. The Morgan fingerprint density at radius 1 is 1.15 bits per heavy atom. The molecular weight excluding hydrogens is 268 g/mol. The SMILES string of the molecule is O=[N+]([O-])c1cc(OCc2ccccc2)cc(C(F)F)c1. The lowest BCUT2D eigenvalue weighted by Crippen LogP contribution is -1.98. The number of hydrogen-bond acceptors (Lipinski definition) is 3. The van der Waals surface area contributed by atoms with Gasteiger partial charge in [0.2, 0.25) is 0 Å². The minimum Gasteiger partial charge on any atom is -0.489 e. The molecule has 0 radical (unpaired) electrons. The van der Waals surface area contributed by atoms with Gasteiger partial charge in [-0.05, 0) is 11.6 Å². The minimum absolute atomic E-state index is 0.0540. The van der Waals surface area contributed by atoms with E-state index in [2.05, 4.69) is 0 Å². The van der Waals surface area contributed by atoms with Crippen LogP contribution in [0, 0.1) is 10.1 Å². The summed E-state index contributed by atoms with van der Waals surface area (Å²) in [4.78, 5) is 9.99. The summed E-state index contributed by atoms with van der Waals surface area (Å²) < 4.78 is 30.7. The average molecular weight is 279 g/mol. The molecule has 2 rings (SSSR count). The highest BCUT2D eigenvalue weighted by Gasteiger charge is 2.16. The molecule has 6 heteroatoms. The number of nitro benzene ring substituents is 1. The Bertz CT molecular complexity index is 603. The van der Waals surface area contributed by atoms with Crippen molar-refractivity contribution in [1.82, 2.24) is 0 Å². The van der Waals surface area contributed by atoms with Crippen molar-refractivity contribution in [3.05, 3.63) is 69.8 Å². The lowest BCUT2D eigenvalue weighted by molar-refractivity contribution is -0.385. The third-order valence-corrected chi connectivity index (χ3v) is 2.62. The molecule has 2 aromatic carbocycles. The molecule has 0 fully saturated rings.